The van der Waals surface area contributed by atoms with Gasteiger partial charge in [-0.15, -0.1) is 0 Å². The second-order valence-corrected chi connectivity index (χ2v) is 8.01. The number of hydrogen-bond acceptors (Lipinski definition) is 6. The van der Waals surface area contributed by atoms with Crippen molar-refractivity contribution in [2.75, 3.05) is 37.8 Å². The summed E-state index contributed by atoms with van der Waals surface area (Å²) in [6, 6.07) is 8.48. The van der Waals surface area contributed by atoms with Crippen LogP contribution in [0.5, 0.6) is 0 Å². The van der Waals surface area contributed by atoms with E-state index in [1.54, 1.807) is 0 Å². The monoisotopic (exact) mass is 437 g/mol. The molecule has 0 bridgehead atoms. The SMILES string of the molecule is CCOC(=O)c1c(N2CCOCC2)nn(Cc2ccc(Cn3cc(C)cn3)cc2)c1CC. The van der Waals surface area contributed by atoms with Gasteiger partial charge in [-0.1, -0.05) is 31.2 Å². The molecule has 3 aromatic rings. The summed E-state index contributed by atoms with van der Waals surface area (Å²) in [5.41, 5.74) is 4.96. The summed E-state index contributed by atoms with van der Waals surface area (Å²) in [7, 11) is 0. The Balaban J connectivity index is 1.58. The highest BCUT2D eigenvalue weighted by atomic mass is 16.5. The molecular weight excluding hydrogens is 406 g/mol. The van der Waals surface area contributed by atoms with Crippen molar-refractivity contribution in [2.24, 2.45) is 0 Å². The molecule has 1 aliphatic rings. The third-order valence-electron chi connectivity index (χ3n) is 5.63. The Morgan fingerprint density at radius 2 is 1.78 bits per heavy atom. The van der Waals surface area contributed by atoms with Crippen LogP contribution in [0.4, 0.5) is 5.82 Å². The Morgan fingerprint density at radius 3 is 2.38 bits per heavy atom. The van der Waals surface area contributed by atoms with Crippen molar-refractivity contribution < 1.29 is 14.3 Å². The van der Waals surface area contributed by atoms with Gasteiger partial charge in [0.25, 0.3) is 0 Å². The summed E-state index contributed by atoms with van der Waals surface area (Å²) in [5.74, 6) is 0.399. The Bertz CT molecular complexity index is 1050. The molecule has 0 saturated carbocycles. The van der Waals surface area contributed by atoms with Crippen LogP contribution < -0.4 is 4.90 Å². The van der Waals surface area contributed by atoms with Gasteiger partial charge in [-0.2, -0.15) is 10.2 Å². The van der Waals surface area contributed by atoms with Gasteiger partial charge in [-0.25, -0.2) is 4.79 Å². The molecule has 0 radical (unpaired) electrons. The second-order valence-electron chi connectivity index (χ2n) is 8.01. The summed E-state index contributed by atoms with van der Waals surface area (Å²) in [4.78, 5) is 15.0. The van der Waals surface area contributed by atoms with E-state index >= 15 is 0 Å². The van der Waals surface area contributed by atoms with E-state index in [1.807, 2.05) is 35.6 Å². The first kappa shape index (κ1) is 22.1. The second kappa shape index (κ2) is 9.99. The normalized spacial score (nSPS) is 14.0. The minimum absolute atomic E-state index is 0.304. The van der Waals surface area contributed by atoms with Crippen LogP contribution in [0.25, 0.3) is 0 Å². The fourth-order valence-electron chi connectivity index (χ4n) is 4.05. The number of aryl methyl sites for hydroxylation is 1. The Kier molecular flexibility index (Phi) is 6.90. The van der Waals surface area contributed by atoms with Gasteiger partial charge < -0.3 is 14.4 Å². The predicted octanol–water partition coefficient (Wildman–Crippen LogP) is 3.06. The topological polar surface area (TPSA) is 74.4 Å². The van der Waals surface area contributed by atoms with E-state index in [2.05, 4.69) is 41.2 Å². The highest BCUT2D eigenvalue weighted by Crippen LogP contribution is 2.26. The zero-order chi connectivity index (χ0) is 22.5. The summed E-state index contributed by atoms with van der Waals surface area (Å²) in [5, 5.41) is 9.23. The van der Waals surface area contributed by atoms with Crippen LogP contribution in [0.15, 0.2) is 36.7 Å². The standard InChI is InChI=1S/C24H31N5O3/c1-4-21-22(24(30)32-5-2)23(27-10-12-31-13-11-27)26-29(21)17-20-8-6-19(7-9-20)16-28-15-18(3)14-25-28/h6-9,14-15H,4-5,10-13,16-17H2,1-3H3. The first-order chi connectivity index (χ1) is 15.6. The van der Waals surface area contributed by atoms with Crippen molar-refractivity contribution in [1.29, 1.82) is 0 Å². The van der Waals surface area contributed by atoms with Crippen LogP contribution in [0, 0.1) is 6.92 Å². The number of morpholine rings is 1. The first-order valence-electron chi connectivity index (χ1n) is 11.2. The molecule has 170 valence electrons. The molecule has 0 aliphatic carbocycles. The molecule has 1 fully saturated rings. The minimum atomic E-state index is -0.304. The van der Waals surface area contributed by atoms with Crippen molar-refractivity contribution in [3.8, 4) is 0 Å². The van der Waals surface area contributed by atoms with Crippen molar-refractivity contribution >= 4 is 11.8 Å². The van der Waals surface area contributed by atoms with Gasteiger partial charge in [0.05, 0.1) is 44.8 Å². The molecule has 8 heteroatoms. The molecule has 0 unspecified atom stereocenters. The molecule has 0 spiro atoms. The Hall–Kier alpha value is -3.13. The van der Waals surface area contributed by atoms with Gasteiger partial charge in [-0.3, -0.25) is 9.36 Å². The van der Waals surface area contributed by atoms with Crippen LogP contribution in [0.1, 0.15) is 46.6 Å². The zero-order valence-electron chi connectivity index (χ0n) is 19.1. The van der Waals surface area contributed by atoms with Crippen molar-refractivity contribution in [3.05, 3.63) is 64.6 Å². The summed E-state index contributed by atoms with van der Waals surface area (Å²) in [6.07, 6.45) is 4.60. The molecule has 0 atom stereocenters. The number of nitrogens with zero attached hydrogens (tertiary/aromatic N) is 5. The molecule has 1 aliphatic heterocycles. The third-order valence-corrected chi connectivity index (χ3v) is 5.63. The van der Waals surface area contributed by atoms with E-state index in [0.717, 1.165) is 23.4 Å². The average molecular weight is 438 g/mol. The molecule has 4 rings (SSSR count). The zero-order valence-corrected chi connectivity index (χ0v) is 19.1. The molecule has 3 heterocycles. The molecule has 1 aromatic carbocycles. The summed E-state index contributed by atoms with van der Waals surface area (Å²) < 4.78 is 14.8. The lowest BCUT2D eigenvalue weighted by atomic mass is 10.1. The molecule has 32 heavy (non-hydrogen) atoms. The van der Waals surface area contributed by atoms with E-state index in [1.165, 1.54) is 5.56 Å². The molecular formula is C24H31N5O3. The Morgan fingerprint density at radius 1 is 1.09 bits per heavy atom. The lowest BCUT2D eigenvalue weighted by Crippen LogP contribution is -2.37. The maximum Gasteiger partial charge on any atom is 0.343 e. The number of rotatable bonds is 8. The summed E-state index contributed by atoms with van der Waals surface area (Å²) >= 11 is 0. The van der Waals surface area contributed by atoms with E-state index < -0.39 is 0 Å². The fraction of sp³-hybridized carbons (Fsp3) is 0.458. The minimum Gasteiger partial charge on any atom is -0.462 e. The quantitative estimate of drug-likeness (QED) is 0.504. The van der Waals surface area contributed by atoms with Crippen LogP contribution in [0.2, 0.25) is 0 Å². The number of aromatic nitrogens is 4. The van der Waals surface area contributed by atoms with E-state index in [4.69, 9.17) is 14.6 Å². The van der Waals surface area contributed by atoms with Crippen molar-refractivity contribution in [2.45, 2.75) is 40.3 Å². The van der Waals surface area contributed by atoms with Gasteiger partial charge >= 0.3 is 5.97 Å². The van der Waals surface area contributed by atoms with Crippen LogP contribution in [0.3, 0.4) is 0 Å². The number of carbonyl (C=O) groups excluding carboxylic acids is 1. The first-order valence-corrected chi connectivity index (χ1v) is 11.2. The lowest BCUT2D eigenvalue weighted by Gasteiger charge is -2.27. The van der Waals surface area contributed by atoms with Crippen LogP contribution in [-0.2, 0) is 29.0 Å². The van der Waals surface area contributed by atoms with Gasteiger partial charge in [0.15, 0.2) is 5.82 Å². The molecule has 8 nitrogen and oxygen atoms in total. The Labute approximate surface area is 188 Å². The highest BCUT2D eigenvalue weighted by molar-refractivity contribution is 5.96. The number of esters is 1. The van der Waals surface area contributed by atoms with E-state index in [9.17, 15) is 4.79 Å². The van der Waals surface area contributed by atoms with Crippen molar-refractivity contribution in [3.63, 3.8) is 0 Å². The van der Waals surface area contributed by atoms with Crippen LogP contribution in [-0.4, -0.2) is 58.4 Å². The maximum atomic E-state index is 12.8. The van der Waals surface area contributed by atoms with Gasteiger partial charge in [0.1, 0.15) is 5.56 Å². The van der Waals surface area contributed by atoms with Crippen molar-refractivity contribution in [1.82, 2.24) is 19.6 Å². The maximum absolute atomic E-state index is 12.8. The number of carbonyl (C=O) groups is 1. The summed E-state index contributed by atoms with van der Waals surface area (Å²) in [6.45, 7) is 10.3. The smallest absolute Gasteiger partial charge is 0.343 e. The van der Waals surface area contributed by atoms with E-state index in [0.29, 0.717) is 57.3 Å². The van der Waals surface area contributed by atoms with Gasteiger partial charge in [0.2, 0.25) is 0 Å². The highest BCUT2D eigenvalue weighted by Gasteiger charge is 2.28. The fourth-order valence-corrected chi connectivity index (χ4v) is 4.05. The molecule has 0 N–H and O–H groups in total. The number of anilines is 1. The predicted molar refractivity (Wildman–Crippen MR) is 122 cm³/mol. The number of ether oxygens (including phenoxy) is 2. The largest absolute Gasteiger partial charge is 0.462 e. The third kappa shape index (κ3) is 4.85. The average Bonchev–Trinajstić information content (AvgIpc) is 3.38. The number of hydrogen-bond donors (Lipinski definition) is 0. The van der Waals surface area contributed by atoms with E-state index in [-0.39, 0.29) is 5.97 Å². The molecule has 2 aromatic heterocycles. The lowest BCUT2D eigenvalue weighted by molar-refractivity contribution is 0.0524. The van der Waals surface area contributed by atoms with Crippen LogP contribution >= 0.6 is 0 Å². The van der Waals surface area contributed by atoms with Gasteiger partial charge in [-0.05, 0) is 37.0 Å². The molecule has 1 saturated heterocycles. The number of benzene rings is 1. The van der Waals surface area contributed by atoms with Gasteiger partial charge in [0, 0.05) is 19.3 Å². The molecule has 0 amide bonds.